The molecule has 3 nitrogen and oxygen atoms in total. The minimum Gasteiger partial charge on any atom is -0.493 e. The second-order valence-corrected chi connectivity index (χ2v) is 3.79. The monoisotopic (exact) mass is 234 g/mol. The Balaban J connectivity index is 2.69. The number of hydrogen-bond donors (Lipinski definition) is 0. The van der Waals surface area contributed by atoms with Crippen molar-refractivity contribution in [2.45, 2.75) is 19.8 Å². The standard InChI is InChI=1S/C14H18O3/c1-11(10-15)5-4-6-12-7-8-13(16-2)14(9-12)17-3/h5,7-10H,4,6H2,1-3H3/b11-5+. The van der Waals surface area contributed by atoms with Gasteiger partial charge in [0, 0.05) is 0 Å². The van der Waals surface area contributed by atoms with E-state index in [1.807, 2.05) is 31.2 Å². The molecule has 1 aromatic carbocycles. The van der Waals surface area contributed by atoms with Crippen LogP contribution >= 0.6 is 0 Å². The molecule has 3 heteroatoms. The molecule has 0 atom stereocenters. The van der Waals surface area contributed by atoms with Gasteiger partial charge in [0.05, 0.1) is 14.2 Å². The number of carbonyl (C=O) groups excluding carboxylic acids is 1. The van der Waals surface area contributed by atoms with E-state index in [-0.39, 0.29) is 0 Å². The van der Waals surface area contributed by atoms with Crippen LogP contribution in [0.1, 0.15) is 18.9 Å². The molecule has 17 heavy (non-hydrogen) atoms. The molecule has 0 N–H and O–H groups in total. The van der Waals surface area contributed by atoms with Gasteiger partial charge in [-0.3, -0.25) is 4.79 Å². The summed E-state index contributed by atoms with van der Waals surface area (Å²) < 4.78 is 10.4. The highest BCUT2D eigenvalue weighted by atomic mass is 16.5. The third kappa shape index (κ3) is 3.94. The smallest absolute Gasteiger partial charge is 0.160 e. The first-order chi connectivity index (χ1) is 8.21. The predicted molar refractivity (Wildman–Crippen MR) is 67.7 cm³/mol. The maximum atomic E-state index is 10.4. The Morgan fingerprint density at radius 1 is 1.24 bits per heavy atom. The third-order valence-corrected chi connectivity index (χ3v) is 2.53. The van der Waals surface area contributed by atoms with Crippen LogP contribution in [0.25, 0.3) is 0 Å². The van der Waals surface area contributed by atoms with Crippen molar-refractivity contribution in [1.29, 1.82) is 0 Å². The molecule has 0 bridgehead atoms. The van der Waals surface area contributed by atoms with Crippen molar-refractivity contribution in [2.24, 2.45) is 0 Å². The minimum absolute atomic E-state index is 0.732. The van der Waals surface area contributed by atoms with Gasteiger partial charge in [-0.15, -0.1) is 0 Å². The average Bonchev–Trinajstić information content (AvgIpc) is 2.38. The number of aldehydes is 1. The first kappa shape index (κ1) is 13.3. The maximum Gasteiger partial charge on any atom is 0.160 e. The fourth-order valence-electron chi connectivity index (χ4n) is 1.55. The van der Waals surface area contributed by atoms with Crippen LogP contribution in [0.15, 0.2) is 29.8 Å². The van der Waals surface area contributed by atoms with Gasteiger partial charge in [-0.25, -0.2) is 0 Å². The number of carbonyl (C=O) groups is 1. The first-order valence-corrected chi connectivity index (χ1v) is 5.54. The Kier molecular flexibility index (Phi) is 5.27. The molecule has 0 radical (unpaired) electrons. The van der Waals surface area contributed by atoms with Crippen LogP contribution in [-0.4, -0.2) is 20.5 Å². The summed E-state index contributed by atoms with van der Waals surface area (Å²) in [5, 5.41) is 0. The van der Waals surface area contributed by atoms with E-state index in [2.05, 4.69) is 0 Å². The highest BCUT2D eigenvalue weighted by molar-refractivity contribution is 5.71. The molecule has 0 saturated carbocycles. The molecule has 0 amide bonds. The van der Waals surface area contributed by atoms with Crippen LogP contribution in [0.3, 0.4) is 0 Å². The summed E-state index contributed by atoms with van der Waals surface area (Å²) in [6.45, 7) is 1.81. The van der Waals surface area contributed by atoms with Crippen molar-refractivity contribution in [2.75, 3.05) is 14.2 Å². The molecule has 1 aromatic rings. The Morgan fingerprint density at radius 3 is 2.53 bits per heavy atom. The van der Waals surface area contributed by atoms with Crippen LogP contribution in [0.4, 0.5) is 0 Å². The Bertz CT molecular complexity index is 408. The van der Waals surface area contributed by atoms with Crippen LogP contribution in [-0.2, 0) is 11.2 Å². The minimum atomic E-state index is 0.732. The lowest BCUT2D eigenvalue weighted by Gasteiger charge is -2.08. The van der Waals surface area contributed by atoms with Gasteiger partial charge in [0.1, 0.15) is 6.29 Å². The lowest BCUT2D eigenvalue weighted by Crippen LogP contribution is -1.92. The summed E-state index contributed by atoms with van der Waals surface area (Å²) in [6, 6.07) is 5.86. The number of ether oxygens (including phenoxy) is 2. The summed E-state index contributed by atoms with van der Waals surface area (Å²) in [5.74, 6) is 1.47. The predicted octanol–water partition coefficient (Wildman–Crippen LogP) is 2.78. The molecule has 92 valence electrons. The van der Waals surface area contributed by atoms with E-state index in [0.29, 0.717) is 0 Å². The quantitative estimate of drug-likeness (QED) is 0.561. The van der Waals surface area contributed by atoms with Gasteiger partial charge in [-0.2, -0.15) is 0 Å². The molecule has 0 heterocycles. The lowest BCUT2D eigenvalue weighted by atomic mass is 10.1. The van der Waals surface area contributed by atoms with Crippen LogP contribution < -0.4 is 9.47 Å². The second-order valence-electron chi connectivity index (χ2n) is 3.79. The Morgan fingerprint density at radius 2 is 1.94 bits per heavy atom. The normalized spacial score (nSPS) is 11.1. The Labute approximate surface area is 102 Å². The molecular weight excluding hydrogens is 216 g/mol. The molecule has 0 spiro atoms. The second kappa shape index (κ2) is 6.74. The van der Waals surface area contributed by atoms with Crippen molar-refractivity contribution in [1.82, 2.24) is 0 Å². The van der Waals surface area contributed by atoms with E-state index < -0.39 is 0 Å². The molecule has 0 fully saturated rings. The summed E-state index contributed by atoms with van der Waals surface area (Å²) in [7, 11) is 3.24. The number of allylic oxidation sites excluding steroid dienone is 2. The Hall–Kier alpha value is -1.77. The molecule has 0 unspecified atom stereocenters. The summed E-state index contributed by atoms with van der Waals surface area (Å²) in [4.78, 5) is 10.4. The molecule has 0 aliphatic heterocycles. The lowest BCUT2D eigenvalue weighted by molar-refractivity contribution is -0.104. The highest BCUT2D eigenvalue weighted by Crippen LogP contribution is 2.27. The number of hydrogen-bond acceptors (Lipinski definition) is 3. The van der Waals surface area contributed by atoms with E-state index in [1.165, 1.54) is 0 Å². The molecule has 0 aliphatic rings. The number of rotatable bonds is 6. The van der Waals surface area contributed by atoms with Gasteiger partial charge < -0.3 is 9.47 Å². The van der Waals surface area contributed by atoms with Crippen molar-refractivity contribution < 1.29 is 14.3 Å². The van der Waals surface area contributed by atoms with E-state index >= 15 is 0 Å². The highest BCUT2D eigenvalue weighted by Gasteiger charge is 2.03. The van der Waals surface area contributed by atoms with Gasteiger partial charge >= 0.3 is 0 Å². The van der Waals surface area contributed by atoms with E-state index in [1.54, 1.807) is 14.2 Å². The van der Waals surface area contributed by atoms with Gasteiger partial charge in [0.15, 0.2) is 11.5 Å². The summed E-state index contributed by atoms with van der Waals surface area (Å²) in [6.07, 6.45) is 4.53. The van der Waals surface area contributed by atoms with E-state index in [0.717, 1.165) is 41.8 Å². The van der Waals surface area contributed by atoms with Crippen molar-refractivity contribution in [3.8, 4) is 11.5 Å². The SMILES string of the molecule is COc1ccc(CC/C=C(\C)C=O)cc1OC. The van der Waals surface area contributed by atoms with E-state index in [4.69, 9.17) is 9.47 Å². The number of aryl methyl sites for hydroxylation is 1. The molecule has 0 aromatic heterocycles. The van der Waals surface area contributed by atoms with Gasteiger partial charge in [-0.05, 0) is 43.0 Å². The number of benzene rings is 1. The van der Waals surface area contributed by atoms with E-state index in [9.17, 15) is 4.79 Å². The first-order valence-electron chi connectivity index (χ1n) is 5.54. The fourth-order valence-corrected chi connectivity index (χ4v) is 1.55. The van der Waals surface area contributed by atoms with Crippen LogP contribution in [0.5, 0.6) is 11.5 Å². The zero-order valence-corrected chi connectivity index (χ0v) is 10.5. The molecule has 1 rings (SSSR count). The third-order valence-electron chi connectivity index (χ3n) is 2.53. The zero-order chi connectivity index (χ0) is 12.7. The van der Waals surface area contributed by atoms with Gasteiger partial charge in [0.25, 0.3) is 0 Å². The van der Waals surface area contributed by atoms with Gasteiger partial charge in [0.2, 0.25) is 0 Å². The van der Waals surface area contributed by atoms with Crippen LogP contribution in [0, 0.1) is 0 Å². The van der Waals surface area contributed by atoms with Crippen molar-refractivity contribution in [3.63, 3.8) is 0 Å². The van der Waals surface area contributed by atoms with Gasteiger partial charge in [-0.1, -0.05) is 12.1 Å². The van der Waals surface area contributed by atoms with Crippen molar-refractivity contribution in [3.05, 3.63) is 35.4 Å². The molecule has 0 aliphatic carbocycles. The summed E-state index contributed by atoms with van der Waals surface area (Å²) >= 11 is 0. The summed E-state index contributed by atoms with van der Waals surface area (Å²) in [5.41, 5.74) is 1.93. The maximum absolute atomic E-state index is 10.4. The van der Waals surface area contributed by atoms with Crippen LogP contribution in [0.2, 0.25) is 0 Å². The molecular formula is C14H18O3. The molecule has 0 saturated heterocycles. The number of methoxy groups -OCH3 is 2. The average molecular weight is 234 g/mol. The largest absolute Gasteiger partial charge is 0.493 e. The topological polar surface area (TPSA) is 35.5 Å². The van der Waals surface area contributed by atoms with Crippen molar-refractivity contribution >= 4 is 6.29 Å². The zero-order valence-electron chi connectivity index (χ0n) is 10.5. The fraction of sp³-hybridized carbons (Fsp3) is 0.357.